The highest BCUT2D eigenvalue weighted by molar-refractivity contribution is 5.99. The topological polar surface area (TPSA) is 48.1 Å². The lowest BCUT2D eigenvalue weighted by molar-refractivity contribution is 0.0933. The number of hydrogen-bond acceptors (Lipinski definition) is 2. The number of nitrogens with zero attached hydrogens (tertiary/aromatic N) is 1. The lowest BCUT2D eigenvalue weighted by Crippen LogP contribution is -2.37. The number of aromatic amines is 1. The number of fused-ring (bicyclic) bond motifs is 1. The molecule has 1 aliphatic heterocycles. The van der Waals surface area contributed by atoms with Crippen LogP contribution in [0.3, 0.4) is 0 Å². The Bertz CT molecular complexity index is 979. The number of amides is 1. The molecule has 0 bridgehead atoms. The Labute approximate surface area is 171 Å². The molecule has 1 amide bonds. The van der Waals surface area contributed by atoms with E-state index >= 15 is 0 Å². The fourth-order valence-electron chi connectivity index (χ4n) is 4.07. The molecule has 4 nitrogen and oxygen atoms in total. The van der Waals surface area contributed by atoms with E-state index in [2.05, 4.69) is 22.1 Å². The second-order valence-electron chi connectivity index (χ2n) is 7.96. The first kappa shape index (κ1) is 19.6. The van der Waals surface area contributed by atoms with Crippen molar-refractivity contribution in [2.45, 2.75) is 38.6 Å². The van der Waals surface area contributed by atoms with Crippen molar-refractivity contribution in [3.05, 3.63) is 60.0 Å². The van der Waals surface area contributed by atoms with Crippen LogP contribution in [0.25, 0.3) is 22.0 Å². The summed E-state index contributed by atoms with van der Waals surface area (Å²) >= 11 is 0. The standard InChI is InChI=1S/C24H28FN3O/c1-2-3-4-12-28-13-11-21(16-28)26-24(29)23-15-19-6-5-18(14-22(19)27-23)17-7-9-20(25)10-8-17/h5-10,14-15,21,27H,2-4,11-13,16H2,1H3,(H,26,29)/t21-/m0/s1. The molecule has 0 aliphatic carbocycles. The van der Waals surface area contributed by atoms with Gasteiger partial charge in [-0.2, -0.15) is 0 Å². The third-order valence-corrected chi connectivity index (χ3v) is 5.73. The fourth-order valence-corrected chi connectivity index (χ4v) is 4.07. The second kappa shape index (κ2) is 8.78. The normalized spacial score (nSPS) is 17.1. The van der Waals surface area contributed by atoms with E-state index in [1.54, 1.807) is 12.1 Å². The molecule has 29 heavy (non-hydrogen) atoms. The maximum atomic E-state index is 13.2. The number of nitrogens with one attached hydrogen (secondary N) is 2. The van der Waals surface area contributed by atoms with Crippen LogP contribution in [0.5, 0.6) is 0 Å². The molecule has 2 heterocycles. The van der Waals surface area contributed by atoms with Gasteiger partial charge in [-0.3, -0.25) is 4.79 Å². The number of hydrogen-bond donors (Lipinski definition) is 2. The Hall–Kier alpha value is -2.66. The van der Waals surface area contributed by atoms with Crippen LogP contribution in [-0.4, -0.2) is 41.5 Å². The zero-order valence-corrected chi connectivity index (χ0v) is 16.9. The van der Waals surface area contributed by atoms with E-state index in [-0.39, 0.29) is 17.8 Å². The Morgan fingerprint density at radius 2 is 1.93 bits per heavy atom. The van der Waals surface area contributed by atoms with Crippen LogP contribution >= 0.6 is 0 Å². The minimum atomic E-state index is -0.246. The zero-order valence-electron chi connectivity index (χ0n) is 16.9. The predicted molar refractivity (Wildman–Crippen MR) is 116 cm³/mol. The van der Waals surface area contributed by atoms with Gasteiger partial charge in [-0.15, -0.1) is 0 Å². The average molecular weight is 394 g/mol. The molecule has 3 aromatic rings. The number of likely N-dealkylation sites (tertiary alicyclic amines) is 1. The summed E-state index contributed by atoms with van der Waals surface area (Å²) in [5.41, 5.74) is 3.43. The second-order valence-corrected chi connectivity index (χ2v) is 7.96. The maximum absolute atomic E-state index is 13.2. The summed E-state index contributed by atoms with van der Waals surface area (Å²) in [6, 6.07) is 14.5. The Morgan fingerprint density at radius 1 is 1.14 bits per heavy atom. The van der Waals surface area contributed by atoms with Gasteiger partial charge in [-0.05, 0) is 54.8 Å². The fraction of sp³-hybridized carbons (Fsp3) is 0.375. The van der Waals surface area contributed by atoms with Gasteiger partial charge in [0.05, 0.1) is 0 Å². The van der Waals surface area contributed by atoms with Crippen LogP contribution < -0.4 is 5.32 Å². The molecule has 2 aromatic carbocycles. The van der Waals surface area contributed by atoms with Crippen molar-refractivity contribution in [2.75, 3.05) is 19.6 Å². The molecule has 0 spiro atoms. The zero-order chi connectivity index (χ0) is 20.2. The highest BCUT2D eigenvalue weighted by Gasteiger charge is 2.24. The smallest absolute Gasteiger partial charge is 0.267 e. The lowest BCUT2D eigenvalue weighted by Gasteiger charge is -2.16. The van der Waals surface area contributed by atoms with E-state index in [0.29, 0.717) is 5.69 Å². The van der Waals surface area contributed by atoms with Gasteiger partial charge in [0.15, 0.2) is 0 Å². The highest BCUT2D eigenvalue weighted by atomic mass is 19.1. The van der Waals surface area contributed by atoms with Crippen LogP contribution in [0.1, 0.15) is 43.1 Å². The Balaban J connectivity index is 1.41. The van der Waals surface area contributed by atoms with E-state index in [0.717, 1.165) is 48.1 Å². The molecule has 1 fully saturated rings. The van der Waals surface area contributed by atoms with Gasteiger partial charge in [0.25, 0.3) is 5.91 Å². The van der Waals surface area contributed by atoms with Crippen LogP contribution in [-0.2, 0) is 0 Å². The number of halogens is 1. The number of rotatable bonds is 7. The van der Waals surface area contributed by atoms with Gasteiger partial charge in [-0.1, -0.05) is 44.0 Å². The van der Waals surface area contributed by atoms with Gasteiger partial charge in [0.2, 0.25) is 0 Å². The van der Waals surface area contributed by atoms with Crippen LogP contribution in [0.4, 0.5) is 4.39 Å². The summed E-state index contributed by atoms with van der Waals surface area (Å²) in [5.74, 6) is -0.297. The Morgan fingerprint density at radius 3 is 2.72 bits per heavy atom. The summed E-state index contributed by atoms with van der Waals surface area (Å²) in [6.45, 7) is 5.33. The number of benzene rings is 2. The molecular formula is C24H28FN3O. The number of aromatic nitrogens is 1. The first-order valence-corrected chi connectivity index (χ1v) is 10.5. The minimum absolute atomic E-state index is 0.0510. The van der Waals surface area contributed by atoms with Crippen LogP contribution in [0.2, 0.25) is 0 Å². The maximum Gasteiger partial charge on any atom is 0.267 e. The molecule has 1 aromatic heterocycles. The van der Waals surface area contributed by atoms with Crippen molar-refractivity contribution in [1.29, 1.82) is 0 Å². The largest absolute Gasteiger partial charge is 0.351 e. The lowest BCUT2D eigenvalue weighted by atomic mass is 10.0. The van der Waals surface area contributed by atoms with Crippen molar-refractivity contribution in [3.63, 3.8) is 0 Å². The van der Waals surface area contributed by atoms with E-state index in [4.69, 9.17) is 0 Å². The van der Waals surface area contributed by atoms with Crippen molar-refractivity contribution >= 4 is 16.8 Å². The molecule has 0 radical (unpaired) electrons. The molecule has 2 N–H and O–H groups in total. The van der Waals surface area contributed by atoms with Gasteiger partial charge in [0.1, 0.15) is 11.5 Å². The molecule has 4 rings (SSSR count). The van der Waals surface area contributed by atoms with Crippen molar-refractivity contribution in [2.24, 2.45) is 0 Å². The van der Waals surface area contributed by atoms with E-state index in [1.165, 1.54) is 31.4 Å². The van der Waals surface area contributed by atoms with Crippen molar-refractivity contribution in [1.82, 2.24) is 15.2 Å². The van der Waals surface area contributed by atoms with Crippen LogP contribution in [0.15, 0.2) is 48.5 Å². The van der Waals surface area contributed by atoms with Crippen molar-refractivity contribution < 1.29 is 9.18 Å². The molecule has 1 atom stereocenters. The molecule has 1 aliphatic rings. The minimum Gasteiger partial charge on any atom is -0.351 e. The van der Waals surface area contributed by atoms with E-state index in [1.807, 2.05) is 24.3 Å². The quantitative estimate of drug-likeness (QED) is 0.557. The van der Waals surface area contributed by atoms with Crippen LogP contribution in [0, 0.1) is 5.82 Å². The molecule has 5 heteroatoms. The SMILES string of the molecule is CCCCCN1CC[C@H](NC(=O)c2cc3ccc(-c4ccc(F)cc4)cc3[nH]2)C1. The monoisotopic (exact) mass is 393 g/mol. The number of carbonyl (C=O) groups excluding carboxylic acids is 1. The molecular weight excluding hydrogens is 365 g/mol. The number of H-pyrrole nitrogens is 1. The third-order valence-electron chi connectivity index (χ3n) is 5.73. The molecule has 152 valence electrons. The molecule has 0 unspecified atom stereocenters. The summed E-state index contributed by atoms with van der Waals surface area (Å²) < 4.78 is 13.2. The van der Waals surface area contributed by atoms with Crippen molar-refractivity contribution in [3.8, 4) is 11.1 Å². The summed E-state index contributed by atoms with van der Waals surface area (Å²) in [7, 11) is 0. The summed E-state index contributed by atoms with van der Waals surface area (Å²) in [6.07, 6.45) is 4.74. The average Bonchev–Trinajstić information content (AvgIpc) is 3.35. The van der Waals surface area contributed by atoms with E-state index in [9.17, 15) is 9.18 Å². The first-order chi connectivity index (χ1) is 14.1. The third kappa shape index (κ3) is 4.67. The number of unbranched alkanes of at least 4 members (excludes halogenated alkanes) is 2. The molecule has 1 saturated heterocycles. The first-order valence-electron chi connectivity index (χ1n) is 10.5. The van der Waals surface area contributed by atoms with Gasteiger partial charge in [-0.25, -0.2) is 4.39 Å². The van der Waals surface area contributed by atoms with Gasteiger partial charge >= 0.3 is 0 Å². The van der Waals surface area contributed by atoms with Gasteiger partial charge < -0.3 is 15.2 Å². The van der Waals surface area contributed by atoms with E-state index < -0.39 is 0 Å². The molecule has 0 saturated carbocycles. The highest BCUT2D eigenvalue weighted by Crippen LogP contribution is 2.25. The van der Waals surface area contributed by atoms with Gasteiger partial charge in [0, 0.05) is 30.0 Å². The summed E-state index contributed by atoms with van der Waals surface area (Å²) in [4.78, 5) is 18.4. The summed E-state index contributed by atoms with van der Waals surface area (Å²) in [5, 5.41) is 4.17. The Kier molecular flexibility index (Phi) is 5.95. The predicted octanol–water partition coefficient (Wildman–Crippen LogP) is 4.97. The number of carbonyl (C=O) groups is 1.